The number of ether oxygens (including phenoxy) is 1. The van der Waals surface area contributed by atoms with Crippen LogP contribution in [0.25, 0.3) is 0 Å². The van der Waals surface area contributed by atoms with Gasteiger partial charge in [0.25, 0.3) is 0 Å². The summed E-state index contributed by atoms with van der Waals surface area (Å²) in [6.45, 7) is 3.36. The molecule has 2 N–H and O–H groups in total. The van der Waals surface area contributed by atoms with Crippen LogP contribution in [0.5, 0.6) is 0 Å². The average Bonchev–Trinajstić information content (AvgIpc) is 1.84. The average molecular weight is 176 g/mol. The monoisotopic (exact) mass is 176 g/mol. The summed E-state index contributed by atoms with van der Waals surface area (Å²) in [5, 5.41) is 17.6. The smallest absolute Gasteiger partial charge is 0.308 e. The predicted molar refractivity (Wildman–Crippen MR) is 43.6 cm³/mol. The molecule has 0 saturated carbocycles. The molecule has 0 rings (SSSR count). The molecule has 4 heteroatoms. The summed E-state index contributed by atoms with van der Waals surface area (Å²) in [6.07, 6.45) is -0.667. The molecule has 4 nitrogen and oxygen atoms in total. The lowest BCUT2D eigenvalue weighted by atomic mass is 10.3. The van der Waals surface area contributed by atoms with Gasteiger partial charge in [0.1, 0.15) is 0 Å². The highest BCUT2D eigenvalue weighted by Crippen LogP contribution is 1.95. The molecule has 0 aromatic carbocycles. The van der Waals surface area contributed by atoms with Gasteiger partial charge in [0.05, 0.1) is 25.2 Å². The van der Waals surface area contributed by atoms with Crippen LogP contribution in [-0.4, -0.2) is 35.0 Å². The number of carbonyl (C=O) groups excluding carboxylic acids is 1. The standard InChI is InChI=1S/C8H16O4/c1-6(9)3-4-12-8(11)5-7(2)10/h6-7,9-10H,3-5H2,1-2H3/t6-,7?/m1/s1. The summed E-state index contributed by atoms with van der Waals surface area (Å²) >= 11 is 0. The summed E-state index contributed by atoms with van der Waals surface area (Å²) < 4.78 is 4.70. The van der Waals surface area contributed by atoms with Crippen LogP contribution in [-0.2, 0) is 9.53 Å². The Balaban J connectivity index is 3.32. The lowest BCUT2D eigenvalue weighted by Crippen LogP contribution is -2.15. The molecule has 1 unspecified atom stereocenters. The summed E-state index contributed by atoms with van der Waals surface area (Å²) in [7, 11) is 0. The van der Waals surface area contributed by atoms with Gasteiger partial charge in [-0.05, 0) is 13.8 Å². The third-order valence-corrected chi connectivity index (χ3v) is 1.26. The first-order valence-corrected chi connectivity index (χ1v) is 4.04. The fraction of sp³-hybridized carbons (Fsp3) is 0.875. The first kappa shape index (κ1) is 11.4. The SMILES string of the molecule is CC(O)CC(=O)OCC[C@@H](C)O. The number of hydrogen-bond donors (Lipinski definition) is 2. The maximum Gasteiger partial charge on any atom is 0.308 e. The fourth-order valence-corrected chi connectivity index (χ4v) is 0.643. The molecule has 0 amide bonds. The van der Waals surface area contributed by atoms with Crippen molar-refractivity contribution in [1.29, 1.82) is 0 Å². The Morgan fingerprint density at radius 2 is 1.92 bits per heavy atom. The Hall–Kier alpha value is -0.610. The molecule has 0 radical (unpaired) electrons. The minimum absolute atomic E-state index is 0.0137. The van der Waals surface area contributed by atoms with E-state index < -0.39 is 18.2 Å². The van der Waals surface area contributed by atoms with E-state index in [0.717, 1.165) is 0 Å². The maximum atomic E-state index is 10.8. The zero-order chi connectivity index (χ0) is 9.56. The number of hydrogen-bond acceptors (Lipinski definition) is 4. The molecule has 0 saturated heterocycles. The molecule has 2 atom stereocenters. The lowest BCUT2D eigenvalue weighted by molar-refractivity contribution is -0.146. The molecule has 0 aliphatic carbocycles. The Morgan fingerprint density at radius 1 is 1.33 bits per heavy atom. The van der Waals surface area contributed by atoms with Gasteiger partial charge in [-0.25, -0.2) is 0 Å². The number of aliphatic hydroxyl groups excluding tert-OH is 2. The summed E-state index contributed by atoms with van der Waals surface area (Å²) in [5.41, 5.74) is 0. The van der Waals surface area contributed by atoms with E-state index in [9.17, 15) is 4.79 Å². The van der Waals surface area contributed by atoms with Gasteiger partial charge in [0, 0.05) is 6.42 Å². The van der Waals surface area contributed by atoms with Gasteiger partial charge in [-0.2, -0.15) is 0 Å². The second-order valence-corrected chi connectivity index (χ2v) is 2.91. The van der Waals surface area contributed by atoms with E-state index in [1.165, 1.54) is 6.92 Å². The molecule has 72 valence electrons. The quantitative estimate of drug-likeness (QED) is 0.582. The minimum Gasteiger partial charge on any atom is -0.466 e. The Bertz CT molecular complexity index is 131. The van der Waals surface area contributed by atoms with Crippen molar-refractivity contribution in [3.05, 3.63) is 0 Å². The van der Waals surface area contributed by atoms with Crippen molar-refractivity contribution in [2.45, 2.75) is 38.9 Å². The van der Waals surface area contributed by atoms with Crippen molar-refractivity contribution in [1.82, 2.24) is 0 Å². The largest absolute Gasteiger partial charge is 0.466 e. The van der Waals surface area contributed by atoms with Gasteiger partial charge in [-0.15, -0.1) is 0 Å². The molecular formula is C8H16O4. The first-order valence-electron chi connectivity index (χ1n) is 4.04. The van der Waals surface area contributed by atoms with E-state index in [2.05, 4.69) is 0 Å². The van der Waals surface area contributed by atoms with Gasteiger partial charge < -0.3 is 14.9 Å². The van der Waals surface area contributed by atoms with E-state index in [1.807, 2.05) is 0 Å². The van der Waals surface area contributed by atoms with Gasteiger partial charge in [-0.1, -0.05) is 0 Å². The van der Waals surface area contributed by atoms with E-state index in [4.69, 9.17) is 14.9 Å². The Labute approximate surface area is 72.2 Å². The van der Waals surface area contributed by atoms with Crippen LogP contribution in [0.1, 0.15) is 26.7 Å². The summed E-state index contributed by atoms with van der Waals surface area (Å²) in [4.78, 5) is 10.8. The molecule has 0 heterocycles. The van der Waals surface area contributed by atoms with Crippen molar-refractivity contribution in [2.75, 3.05) is 6.61 Å². The van der Waals surface area contributed by atoms with E-state index in [1.54, 1.807) is 6.92 Å². The third kappa shape index (κ3) is 7.50. The van der Waals surface area contributed by atoms with Crippen LogP contribution in [0, 0.1) is 0 Å². The second-order valence-electron chi connectivity index (χ2n) is 2.91. The van der Waals surface area contributed by atoms with Gasteiger partial charge in [0.2, 0.25) is 0 Å². The van der Waals surface area contributed by atoms with Crippen molar-refractivity contribution >= 4 is 5.97 Å². The number of carbonyl (C=O) groups is 1. The highest BCUT2D eigenvalue weighted by atomic mass is 16.5. The van der Waals surface area contributed by atoms with Crippen LogP contribution in [0.4, 0.5) is 0 Å². The van der Waals surface area contributed by atoms with Crippen LogP contribution in [0.3, 0.4) is 0 Å². The van der Waals surface area contributed by atoms with Crippen molar-refractivity contribution in [2.24, 2.45) is 0 Å². The molecule has 0 aliphatic rings. The summed E-state index contributed by atoms with van der Waals surface area (Å²) in [5.74, 6) is -0.425. The van der Waals surface area contributed by atoms with E-state index in [-0.39, 0.29) is 13.0 Å². The normalized spacial score (nSPS) is 15.3. The van der Waals surface area contributed by atoms with E-state index >= 15 is 0 Å². The highest BCUT2D eigenvalue weighted by molar-refractivity contribution is 5.69. The molecule has 0 aromatic rings. The van der Waals surface area contributed by atoms with E-state index in [0.29, 0.717) is 6.42 Å². The van der Waals surface area contributed by atoms with Gasteiger partial charge in [0.15, 0.2) is 0 Å². The molecular weight excluding hydrogens is 160 g/mol. The third-order valence-electron chi connectivity index (χ3n) is 1.26. The van der Waals surface area contributed by atoms with Crippen LogP contribution in [0.2, 0.25) is 0 Å². The van der Waals surface area contributed by atoms with Crippen molar-refractivity contribution in [3.8, 4) is 0 Å². The van der Waals surface area contributed by atoms with Crippen molar-refractivity contribution in [3.63, 3.8) is 0 Å². The fourth-order valence-electron chi connectivity index (χ4n) is 0.643. The maximum absolute atomic E-state index is 10.8. The molecule has 12 heavy (non-hydrogen) atoms. The van der Waals surface area contributed by atoms with Crippen LogP contribution in [0.15, 0.2) is 0 Å². The zero-order valence-corrected chi connectivity index (χ0v) is 7.49. The molecule has 0 aliphatic heterocycles. The lowest BCUT2D eigenvalue weighted by Gasteiger charge is -2.06. The molecule has 0 spiro atoms. The molecule has 0 fully saturated rings. The van der Waals surface area contributed by atoms with Crippen LogP contribution < -0.4 is 0 Å². The molecule has 0 aromatic heterocycles. The van der Waals surface area contributed by atoms with Crippen LogP contribution >= 0.6 is 0 Å². The second kappa shape index (κ2) is 5.97. The molecule has 0 bridgehead atoms. The van der Waals surface area contributed by atoms with Crippen molar-refractivity contribution < 1.29 is 19.7 Å². The Morgan fingerprint density at radius 3 is 2.33 bits per heavy atom. The topological polar surface area (TPSA) is 66.8 Å². The number of aliphatic hydroxyl groups is 2. The van der Waals surface area contributed by atoms with Gasteiger partial charge >= 0.3 is 5.97 Å². The minimum atomic E-state index is -0.663. The zero-order valence-electron chi connectivity index (χ0n) is 7.49. The highest BCUT2D eigenvalue weighted by Gasteiger charge is 2.07. The van der Waals surface area contributed by atoms with Gasteiger partial charge in [-0.3, -0.25) is 4.79 Å². The summed E-state index contributed by atoms with van der Waals surface area (Å²) in [6, 6.07) is 0. The number of esters is 1. The Kier molecular flexibility index (Phi) is 5.66. The first-order chi connectivity index (χ1) is 5.52. The number of rotatable bonds is 5. The predicted octanol–water partition coefficient (Wildman–Crippen LogP) is 0.0714.